The second-order valence-electron chi connectivity index (χ2n) is 14.3. The summed E-state index contributed by atoms with van der Waals surface area (Å²) in [6.07, 6.45) is 18.4. The van der Waals surface area contributed by atoms with Crippen LogP contribution < -0.4 is 0 Å². The number of aryl methyl sites for hydroxylation is 1. The third-order valence-corrected chi connectivity index (χ3v) is 9.66. The Bertz CT molecular complexity index is 1380. The molecule has 2 atom stereocenters. The van der Waals surface area contributed by atoms with Gasteiger partial charge in [-0.15, -0.1) is 0 Å². The van der Waals surface area contributed by atoms with Crippen molar-refractivity contribution >= 4 is 11.6 Å². The van der Waals surface area contributed by atoms with E-state index >= 15 is 0 Å². The van der Waals surface area contributed by atoms with Gasteiger partial charge < -0.3 is 0 Å². The van der Waals surface area contributed by atoms with Crippen LogP contribution in [0, 0.1) is 30.1 Å². The number of allylic oxidation sites excluding steroid dienone is 6. The molecule has 40 heavy (non-hydrogen) atoms. The summed E-state index contributed by atoms with van der Waals surface area (Å²) in [7, 11) is 0. The number of benzene rings is 2. The van der Waals surface area contributed by atoms with Gasteiger partial charge in [0.05, 0.1) is 0 Å². The van der Waals surface area contributed by atoms with E-state index in [1.807, 2.05) is 0 Å². The zero-order valence-electron chi connectivity index (χ0n) is 25.8. The molecule has 1 fully saturated rings. The minimum atomic E-state index is 0.282. The van der Waals surface area contributed by atoms with E-state index in [9.17, 15) is 0 Å². The van der Waals surface area contributed by atoms with E-state index in [1.54, 1.807) is 5.56 Å². The number of fused-ring (bicyclic) bond motifs is 1. The van der Waals surface area contributed by atoms with Crippen LogP contribution in [0.5, 0.6) is 0 Å². The lowest BCUT2D eigenvalue weighted by Crippen LogP contribution is -2.21. The Morgan fingerprint density at radius 2 is 1.73 bits per heavy atom. The lowest BCUT2D eigenvalue weighted by atomic mass is 9.71. The van der Waals surface area contributed by atoms with Gasteiger partial charge in [-0.2, -0.15) is 0 Å². The third-order valence-electron chi connectivity index (χ3n) is 9.66. The van der Waals surface area contributed by atoms with E-state index in [4.69, 9.17) is 0 Å². The maximum Gasteiger partial charge on any atom is 0.00827 e. The summed E-state index contributed by atoms with van der Waals surface area (Å²) in [5.74, 6) is 1.58. The molecule has 0 radical (unpaired) electrons. The molecule has 210 valence electrons. The zero-order chi connectivity index (χ0) is 28.6. The summed E-state index contributed by atoms with van der Waals surface area (Å²) in [5, 5.41) is 0. The molecule has 3 aliphatic rings. The van der Waals surface area contributed by atoms with E-state index in [0.717, 1.165) is 30.8 Å². The molecule has 2 unspecified atom stereocenters. The largest absolute Gasteiger partial charge is 0.0986 e. The first-order chi connectivity index (χ1) is 19.0. The van der Waals surface area contributed by atoms with E-state index in [2.05, 4.69) is 103 Å². The number of hydrogen-bond acceptors (Lipinski definition) is 0. The molecule has 0 aliphatic heterocycles. The number of hydrogen-bond donors (Lipinski definition) is 0. The highest BCUT2D eigenvalue weighted by atomic mass is 14.3. The van der Waals surface area contributed by atoms with Crippen molar-refractivity contribution in [3.63, 3.8) is 0 Å². The minimum absolute atomic E-state index is 0.282. The summed E-state index contributed by atoms with van der Waals surface area (Å²) in [5.41, 5.74) is 15.5. The molecule has 0 amide bonds. The fourth-order valence-electron chi connectivity index (χ4n) is 7.43. The van der Waals surface area contributed by atoms with Gasteiger partial charge in [0.2, 0.25) is 0 Å². The van der Waals surface area contributed by atoms with Gasteiger partial charge in [-0.1, -0.05) is 132 Å². The Morgan fingerprint density at radius 1 is 0.975 bits per heavy atom. The summed E-state index contributed by atoms with van der Waals surface area (Å²) in [6.45, 7) is 24.8. The summed E-state index contributed by atoms with van der Waals surface area (Å²) in [4.78, 5) is 0. The van der Waals surface area contributed by atoms with Gasteiger partial charge in [0.25, 0.3) is 0 Å². The fourth-order valence-corrected chi connectivity index (χ4v) is 7.43. The Labute approximate surface area is 244 Å². The van der Waals surface area contributed by atoms with E-state index < -0.39 is 0 Å². The molecule has 3 aliphatic carbocycles. The topological polar surface area (TPSA) is 0 Å². The molecule has 5 rings (SSSR count). The van der Waals surface area contributed by atoms with Gasteiger partial charge >= 0.3 is 0 Å². The third kappa shape index (κ3) is 6.22. The van der Waals surface area contributed by atoms with Crippen molar-refractivity contribution in [2.75, 3.05) is 0 Å². The number of rotatable bonds is 7. The van der Waals surface area contributed by atoms with Crippen LogP contribution in [0.1, 0.15) is 100 Å². The minimum Gasteiger partial charge on any atom is -0.0986 e. The first kappa shape index (κ1) is 28.7. The summed E-state index contributed by atoms with van der Waals surface area (Å²) >= 11 is 0. The molecule has 0 bridgehead atoms. The van der Waals surface area contributed by atoms with Crippen molar-refractivity contribution in [1.29, 1.82) is 0 Å². The zero-order valence-corrected chi connectivity index (χ0v) is 25.8. The molecule has 0 N–H and O–H groups in total. The van der Waals surface area contributed by atoms with Crippen LogP contribution in [0.15, 0.2) is 78.9 Å². The Hall–Kier alpha value is -2.86. The fraction of sp³-hybridized carbons (Fsp3) is 0.450. The van der Waals surface area contributed by atoms with Gasteiger partial charge in [0.15, 0.2) is 0 Å². The molecular weight excluding hydrogens is 480 g/mol. The maximum absolute atomic E-state index is 4.62. The molecule has 0 aromatic heterocycles. The van der Waals surface area contributed by atoms with Gasteiger partial charge in [0, 0.05) is 5.92 Å². The van der Waals surface area contributed by atoms with Crippen LogP contribution in [-0.4, -0.2) is 0 Å². The average molecular weight is 531 g/mol. The van der Waals surface area contributed by atoms with Gasteiger partial charge in [-0.3, -0.25) is 0 Å². The highest BCUT2D eigenvalue weighted by Gasteiger charge is 2.30. The van der Waals surface area contributed by atoms with Crippen LogP contribution in [0.25, 0.3) is 22.8 Å². The van der Waals surface area contributed by atoms with Crippen LogP contribution in [0.4, 0.5) is 0 Å². The van der Waals surface area contributed by atoms with Crippen molar-refractivity contribution < 1.29 is 0 Å². The maximum atomic E-state index is 4.62. The predicted octanol–water partition coefficient (Wildman–Crippen LogP) is 11.5. The van der Waals surface area contributed by atoms with Gasteiger partial charge in [-0.05, 0) is 107 Å². The summed E-state index contributed by atoms with van der Waals surface area (Å²) in [6, 6.07) is 11.8. The normalized spacial score (nSPS) is 21.5. The van der Waals surface area contributed by atoms with E-state index in [-0.39, 0.29) is 5.41 Å². The molecule has 2 aromatic carbocycles. The second-order valence-corrected chi connectivity index (χ2v) is 14.3. The molecule has 0 heterocycles. The second kappa shape index (κ2) is 11.6. The molecule has 0 heteroatoms. The van der Waals surface area contributed by atoms with Gasteiger partial charge in [0.1, 0.15) is 0 Å². The summed E-state index contributed by atoms with van der Waals surface area (Å²) < 4.78 is 0. The molecule has 0 saturated heterocycles. The Kier molecular flexibility index (Phi) is 8.28. The molecule has 2 aromatic rings. The van der Waals surface area contributed by atoms with Crippen molar-refractivity contribution in [2.45, 2.75) is 92.4 Å². The highest BCUT2D eigenvalue weighted by Crippen LogP contribution is 2.44. The van der Waals surface area contributed by atoms with Crippen molar-refractivity contribution in [1.82, 2.24) is 0 Å². The average Bonchev–Trinajstić information content (AvgIpc) is 3.32. The molecule has 0 nitrogen and oxygen atoms in total. The van der Waals surface area contributed by atoms with E-state index in [0.29, 0.717) is 11.8 Å². The molecular formula is C40H50. The lowest BCUT2D eigenvalue weighted by molar-refractivity contribution is 0.334. The first-order valence-electron chi connectivity index (χ1n) is 15.7. The Balaban J connectivity index is 1.44. The molecule has 0 spiro atoms. The quantitative estimate of drug-likeness (QED) is 0.312. The van der Waals surface area contributed by atoms with Gasteiger partial charge in [-0.25, -0.2) is 0 Å². The van der Waals surface area contributed by atoms with Crippen LogP contribution >= 0.6 is 0 Å². The predicted molar refractivity (Wildman–Crippen MR) is 176 cm³/mol. The lowest BCUT2D eigenvalue weighted by Gasteiger charge is -2.33. The smallest absolute Gasteiger partial charge is 0.00827 e. The van der Waals surface area contributed by atoms with Crippen molar-refractivity contribution in [3.05, 3.63) is 107 Å². The van der Waals surface area contributed by atoms with E-state index in [1.165, 1.54) is 88.6 Å². The van der Waals surface area contributed by atoms with Crippen molar-refractivity contribution in [2.24, 2.45) is 23.2 Å². The van der Waals surface area contributed by atoms with Crippen molar-refractivity contribution in [3.8, 4) is 11.1 Å². The highest BCUT2D eigenvalue weighted by molar-refractivity contribution is 5.82. The van der Waals surface area contributed by atoms with Crippen LogP contribution in [-0.2, 0) is 12.8 Å². The monoisotopic (exact) mass is 530 g/mol. The first-order valence-corrected chi connectivity index (χ1v) is 15.7. The Morgan fingerprint density at radius 3 is 2.42 bits per heavy atom. The standard InChI is InChI=1S/C40H50/c1-26(2)34-19-28(4)37(21-30-13-10-9-11-14-30)39(24-34)35-16-12-15-32-20-31(23-38(32)35)22-36-27(3)17-18-33(29(36)5)25-40(6,7)8/h12,15-20,24,30,33,36H,1,3,5,9-11,13-14,21-23,25H2,2,4,6-8H3. The van der Waals surface area contributed by atoms with Crippen LogP contribution in [0.3, 0.4) is 0 Å². The molecule has 1 saturated carbocycles. The SMILES string of the molecule is C=C(C)c1cc(C)c(CC2CCCCC2)c(-c2cccc3c2CC(CC2C(=C)C=CC(CC(C)(C)C)C2=C)=C3)c1. The van der Waals surface area contributed by atoms with Crippen LogP contribution in [0.2, 0.25) is 0 Å².